The summed E-state index contributed by atoms with van der Waals surface area (Å²) in [6.45, 7) is 1.75. The number of nitrogens with zero attached hydrogens (tertiary/aromatic N) is 3. The zero-order chi connectivity index (χ0) is 12.1. The number of aromatic nitrogens is 1. The molecule has 0 aromatic carbocycles. The highest BCUT2D eigenvalue weighted by atomic mass is 16.6. The second kappa shape index (κ2) is 5.34. The predicted octanol–water partition coefficient (Wildman–Crippen LogP) is 1.44. The van der Waals surface area contributed by atoms with Gasteiger partial charge in [-0.15, -0.1) is 0 Å². The maximum Gasteiger partial charge on any atom is 0.414 e. The molecule has 1 aromatic heterocycles. The Morgan fingerprint density at radius 1 is 1.35 bits per heavy atom. The number of hydrogen-bond acceptors (Lipinski definition) is 4. The van der Waals surface area contributed by atoms with Gasteiger partial charge in [0, 0.05) is 44.9 Å². The van der Waals surface area contributed by atoms with E-state index in [9.17, 15) is 4.79 Å². The van der Waals surface area contributed by atoms with Crippen LogP contribution in [0.1, 0.15) is 5.56 Å². The summed E-state index contributed by atoms with van der Waals surface area (Å²) in [6.07, 6.45) is 6.64. The lowest BCUT2D eigenvalue weighted by Gasteiger charge is -2.26. The Hall–Kier alpha value is -2.04. The number of ether oxygens (including phenoxy) is 1. The summed E-state index contributed by atoms with van der Waals surface area (Å²) in [5.74, 6) is 0. The Kier molecular flexibility index (Phi) is 3.59. The highest BCUT2D eigenvalue weighted by Gasteiger charge is 2.15. The summed E-state index contributed by atoms with van der Waals surface area (Å²) in [5, 5.41) is 0. The van der Waals surface area contributed by atoms with Crippen molar-refractivity contribution in [1.82, 2.24) is 14.8 Å². The third-order valence-corrected chi connectivity index (χ3v) is 2.54. The molecule has 0 atom stereocenters. The van der Waals surface area contributed by atoms with Gasteiger partial charge in [-0.1, -0.05) is 0 Å². The fraction of sp³-hybridized carbons (Fsp3) is 0.333. The van der Waals surface area contributed by atoms with Crippen molar-refractivity contribution in [2.75, 3.05) is 20.1 Å². The molecule has 2 rings (SSSR count). The number of pyridine rings is 1. The van der Waals surface area contributed by atoms with Crippen LogP contribution in [0.4, 0.5) is 4.79 Å². The quantitative estimate of drug-likeness (QED) is 0.775. The number of hydrogen-bond donors (Lipinski definition) is 0. The van der Waals surface area contributed by atoms with Crippen molar-refractivity contribution in [2.45, 2.75) is 6.61 Å². The monoisotopic (exact) mass is 233 g/mol. The lowest BCUT2D eigenvalue weighted by atomic mass is 10.3. The third-order valence-electron chi connectivity index (χ3n) is 2.54. The molecule has 1 aliphatic heterocycles. The molecule has 0 unspecified atom stereocenters. The van der Waals surface area contributed by atoms with E-state index in [0.29, 0.717) is 6.54 Å². The minimum absolute atomic E-state index is 0.279. The van der Waals surface area contributed by atoms with Crippen LogP contribution in [-0.4, -0.2) is 41.0 Å². The summed E-state index contributed by atoms with van der Waals surface area (Å²) in [5.41, 5.74) is 0.937. The van der Waals surface area contributed by atoms with Gasteiger partial charge in [0.05, 0.1) is 0 Å². The highest BCUT2D eigenvalue weighted by molar-refractivity contribution is 5.69. The second-order valence-corrected chi connectivity index (χ2v) is 3.88. The summed E-state index contributed by atoms with van der Waals surface area (Å²) in [4.78, 5) is 19.2. The maximum atomic E-state index is 11.7. The van der Waals surface area contributed by atoms with Crippen LogP contribution in [0, 0.1) is 0 Å². The Morgan fingerprint density at radius 3 is 2.76 bits per heavy atom. The van der Waals surface area contributed by atoms with Crippen molar-refractivity contribution in [3.8, 4) is 0 Å². The Labute approximate surface area is 100 Å². The van der Waals surface area contributed by atoms with Crippen LogP contribution in [0.25, 0.3) is 0 Å². The van der Waals surface area contributed by atoms with Crippen molar-refractivity contribution >= 4 is 6.09 Å². The molecule has 0 bridgehead atoms. The van der Waals surface area contributed by atoms with E-state index in [2.05, 4.69) is 4.98 Å². The first-order valence-electron chi connectivity index (χ1n) is 5.46. The molecule has 17 heavy (non-hydrogen) atoms. The van der Waals surface area contributed by atoms with Gasteiger partial charge < -0.3 is 9.64 Å². The van der Waals surface area contributed by atoms with Gasteiger partial charge in [-0.3, -0.25) is 9.88 Å². The first-order chi connectivity index (χ1) is 8.25. The molecule has 5 nitrogen and oxygen atoms in total. The van der Waals surface area contributed by atoms with Crippen molar-refractivity contribution in [1.29, 1.82) is 0 Å². The SMILES string of the molecule is CN1C=CN(C(=O)OCc2ccncc2)CC1. The third kappa shape index (κ3) is 3.21. The van der Waals surface area contributed by atoms with Crippen molar-refractivity contribution in [2.24, 2.45) is 0 Å². The molecular formula is C12H15N3O2. The van der Waals surface area contributed by atoms with Crippen LogP contribution in [0.5, 0.6) is 0 Å². The molecule has 1 aliphatic rings. The van der Waals surface area contributed by atoms with Crippen molar-refractivity contribution in [3.63, 3.8) is 0 Å². The van der Waals surface area contributed by atoms with Gasteiger partial charge in [0.2, 0.25) is 0 Å². The largest absolute Gasteiger partial charge is 0.444 e. The van der Waals surface area contributed by atoms with Gasteiger partial charge in [0.25, 0.3) is 0 Å². The number of rotatable bonds is 2. The van der Waals surface area contributed by atoms with Gasteiger partial charge in [-0.05, 0) is 17.7 Å². The van der Waals surface area contributed by atoms with Crippen LogP contribution in [0.2, 0.25) is 0 Å². The van der Waals surface area contributed by atoms with Gasteiger partial charge >= 0.3 is 6.09 Å². The highest BCUT2D eigenvalue weighted by Crippen LogP contribution is 2.06. The molecule has 0 N–H and O–H groups in total. The first-order valence-corrected chi connectivity index (χ1v) is 5.46. The van der Waals surface area contributed by atoms with Gasteiger partial charge in [-0.25, -0.2) is 4.79 Å². The van der Waals surface area contributed by atoms with E-state index >= 15 is 0 Å². The van der Waals surface area contributed by atoms with Gasteiger partial charge in [0.1, 0.15) is 6.61 Å². The number of carbonyl (C=O) groups excluding carboxylic acids is 1. The van der Waals surface area contributed by atoms with Gasteiger partial charge in [0.15, 0.2) is 0 Å². The topological polar surface area (TPSA) is 45.7 Å². The van der Waals surface area contributed by atoms with Crippen LogP contribution < -0.4 is 0 Å². The van der Waals surface area contributed by atoms with E-state index in [1.807, 2.05) is 30.3 Å². The van der Waals surface area contributed by atoms with Crippen molar-refractivity contribution in [3.05, 3.63) is 42.5 Å². The Morgan fingerprint density at radius 2 is 2.12 bits per heavy atom. The molecule has 90 valence electrons. The maximum absolute atomic E-state index is 11.7. The lowest BCUT2D eigenvalue weighted by Crippen LogP contribution is -2.36. The fourth-order valence-electron chi connectivity index (χ4n) is 1.47. The molecule has 5 heteroatoms. The van der Waals surface area contributed by atoms with Crippen LogP contribution in [-0.2, 0) is 11.3 Å². The normalized spacial score (nSPS) is 14.9. The standard InChI is InChI=1S/C12H15N3O2/c1-14-6-8-15(9-7-14)12(16)17-10-11-2-4-13-5-3-11/h2-6,8H,7,9-10H2,1H3. The number of amides is 1. The van der Waals surface area contributed by atoms with E-state index in [-0.39, 0.29) is 12.7 Å². The van der Waals surface area contributed by atoms with E-state index < -0.39 is 0 Å². The van der Waals surface area contributed by atoms with Crippen LogP contribution in [0.15, 0.2) is 36.9 Å². The summed E-state index contributed by atoms with van der Waals surface area (Å²) >= 11 is 0. The minimum atomic E-state index is -0.314. The zero-order valence-corrected chi connectivity index (χ0v) is 9.74. The van der Waals surface area contributed by atoms with Crippen LogP contribution in [0.3, 0.4) is 0 Å². The van der Waals surface area contributed by atoms with E-state index in [1.54, 1.807) is 23.5 Å². The van der Waals surface area contributed by atoms with E-state index in [1.165, 1.54) is 0 Å². The molecule has 0 saturated carbocycles. The lowest BCUT2D eigenvalue weighted by molar-refractivity contribution is 0.106. The Bertz CT molecular complexity index is 405. The average Bonchev–Trinajstić information content (AvgIpc) is 2.38. The summed E-state index contributed by atoms with van der Waals surface area (Å²) in [6, 6.07) is 3.65. The average molecular weight is 233 g/mol. The molecule has 2 heterocycles. The fourth-order valence-corrected chi connectivity index (χ4v) is 1.47. The molecule has 0 radical (unpaired) electrons. The zero-order valence-electron chi connectivity index (χ0n) is 9.74. The summed E-state index contributed by atoms with van der Waals surface area (Å²) in [7, 11) is 1.97. The first kappa shape index (κ1) is 11.4. The Balaban J connectivity index is 1.84. The van der Waals surface area contributed by atoms with Gasteiger partial charge in [-0.2, -0.15) is 0 Å². The molecular weight excluding hydrogens is 218 g/mol. The van der Waals surface area contributed by atoms with Crippen LogP contribution >= 0.6 is 0 Å². The molecule has 0 aliphatic carbocycles. The number of likely N-dealkylation sites (N-methyl/N-ethyl adjacent to an activating group) is 1. The molecule has 0 saturated heterocycles. The molecule has 0 fully saturated rings. The smallest absolute Gasteiger partial charge is 0.414 e. The van der Waals surface area contributed by atoms with Crippen molar-refractivity contribution < 1.29 is 9.53 Å². The second-order valence-electron chi connectivity index (χ2n) is 3.88. The molecule has 1 aromatic rings. The summed E-state index contributed by atoms with van der Waals surface area (Å²) < 4.78 is 5.19. The van der Waals surface area contributed by atoms with E-state index in [0.717, 1.165) is 12.1 Å². The molecule has 0 spiro atoms. The number of carbonyl (C=O) groups is 1. The van der Waals surface area contributed by atoms with E-state index in [4.69, 9.17) is 4.74 Å². The predicted molar refractivity (Wildman–Crippen MR) is 62.9 cm³/mol. The molecule has 1 amide bonds. The minimum Gasteiger partial charge on any atom is -0.444 e.